The molecule has 1 fully saturated rings. The van der Waals surface area contributed by atoms with E-state index >= 15 is 0 Å². The molecule has 30 heavy (non-hydrogen) atoms. The largest absolute Gasteiger partial charge is 0.339 e. The van der Waals surface area contributed by atoms with Crippen LogP contribution >= 0.6 is 0 Å². The highest BCUT2D eigenvalue weighted by atomic mass is 19.1. The van der Waals surface area contributed by atoms with Gasteiger partial charge < -0.3 is 9.42 Å². The van der Waals surface area contributed by atoms with Gasteiger partial charge in [0, 0.05) is 24.7 Å². The first-order valence-corrected chi connectivity index (χ1v) is 10.1. The van der Waals surface area contributed by atoms with Crippen LogP contribution in [0.1, 0.15) is 60.3 Å². The van der Waals surface area contributed by atoms with Crippen molar-refractivity contribution in [1.82, 2.24) is 15.0 Å². The van der Waals surface area contributed by atoms with Gasteiger partial charge >= 0.3 is 0 Å². The number of rotatable bonds is 4. The molecule has 4 rings (SSSR count). The number of aromatic nitrogens is 2. The molecule has 1 atom stereocenters. The summed E-state index contributed by atoms with van der Waals surface area (Å²) in [6.45, 7) is 5.12. The average Bonchev–Trinajstić information content (AvgIpc) is 3.24. The summed E-state index contributed by atoms with van der Waals surface area (Å²) < 4.78 is 32.7. The van der Waals surface area contributed by atoms with Crippen molar-refractivity contribution in [2.75, 3.05) is 13.1 Å². The molecule has 0 radical (unpaired) electrons. The fourth-order valence-electron chi connectivity index (χ4n) is 3.73. The number of hydrogen-bond donors (Lipinski definition) is 0. The van der Waals surface area contributed by atoms with Gasteiger partial charge in [0.2, 0.25) is 11.7 Å². The molecule has 0 spiro atoms. The van der Waals surface area contributed by atoms with Gasteiger partial charge in [-0.05, 0) is 36.5 Å². The lowest BCUT2D eigenvalue weighted by Gasteiger charge is -2.31. The number of nitrogens with zero attached hydrogens (tertiary/aromatic N) is 3. The summed E-state index contributed by atoms with van der Waals surface area (Å²) in [4.78, 5) is 18.8. The molecule has 7 heteroatoms. The van der Waals surface area contributed by atoms with Crippen molar-refractivity contribution < 1.29 is 18.1 Å². The monoisotopic (exact) mass is 411 g/mol. The first kappa shape index (κ1) is 20.2. The molecule has 1 aromatic heterocycles. The summed E-state index contributed by atoms with van der Waals surface area (Å²) >= 11 is 0. The molecule has 156 valence electrons. The van der Waals surface area contributed by atoms with Crippen molar-refractivity contribution >= 4 is 5.91 Å². The van der Waals surface area contributed by atoms with Crippen LogP contribution in [-0.4, -0.2) is 34.0 Å². The molecule has 3 aromatic rings. The normalized spacial score (nSPS) is 16.8. The Morgan fingerprint density at radius 1 is 1.17 bits per heavy atom. The van der Waals surface area contributed by atoms with Crippen LogP contribution in [0.3, 0.4) is 0 Å². The Balaban J connectivity index is 1.49. The number of amides is 1. The molecule has 1 aliphatic rings. The second-order valence-electron chi connectivity index (χ2n) is 7.95. The molecule has 0 N–H and O–H groups in total. The highest BCUT2D eigenvalue weighted by Gasteiger charge is 2.30. The number of carbonyl (C=O) groups excluding carboxylic acids is 1. The summed E-state index contributed by atoms with van der Waals surface area (Å²) in [7, 11) is 0. The van der Waals surface area contributed by atoms with Gasteiger partial charge in [0.25, 0.3) is 5.91 Å². The number of piperidine rings is 1. The van der Waals surface area contributed by atoms with Gasteiger partial charge in [0.05, 0.1) is 11.5 Å². The maximum Gasteiger partial charge on any atom is 0.256 e. The minimum atomic E-state index is -0.855. The van der Waals surface area contributed by atoms with Crippen molar-refractivity contribution in [3.63, 3.8) is 0 Å². The lowest BCUT2D eigenvalue weighted by atomic mass is 9.97. The van der Waals surface area contributed by atoms with E-state index < -0.39 is 17.5 Å². The SMILES string of the molecule is CC(C)c1ccc(-c2noc([C@@H]3CCCN(C(=O)c4ccc(F)cc4F)C3)n2)cc1. The first-order valence-electron chi connectivity index (χ1n) is 10.1. The minimum Gasteiger partial charge on any atom is -0.339 e. The summed E-state index contributed by atoms with van der Waals surface area (Å²) in [6.07, 6.45) is 1.53. The molecule has 0 unspecified atom stereocenters. The number of likely N-dealkylation sites (tertiary alicyclic amines) is 1. The van der Waals surface area contributed by atoms with Crippen LogP contribution < -0.4 is 0 Å². The Bertz CT molecular complexity index is 1050. The van der Waals surface area contributed by atoms with E-state index in [4.69, 9.17) is 4.52 Å². The van der Waals surface area contributed by atoms with E-state index in [0.29, 0.717) is 30.7 Å². The van der Waals surface area contributed by atoms with E-state index in [1.54, 1.807) is 4.90 Å². The van der Waals surface area contributed by atoms with Crippen LogP contribution in [0.25, 0.3) is 11.4 Å². The van der Waals surface area contributed by atoms with Crippen LogP contribution in [0.15, 0.2) is 47.0 Å². The van der Waals surface area contributed by atoms with Crippen LogP contribution in [0.5, 0.6) is 0 Å². The molecule has 0 aliphatic carbocycles. The second-order valence-corrected chi connectivity index (χ2v) is 7.95. The molecule has 5 nitrogen and oxygen atoms in total. The maximum absolute atomic E-state index is 14.0. The summed E-state index contributed by atoms with van der Waals surface area (Å²) in [5.41, 5.74) is 1.97. The number of benzene rings is 2. The van der Waals surface area contributed by atoms with Crippen LogP contribution in [0.2, 0.25) is 0 Å². The highest BCUT2D eigenvalue weighted by molar-refractivity contribution is 5.94. The Morgan fingerprint density at radius 3 is 2.63 bits per heavy atom. The molecule has 0 bridgehead atoms. The van der Waals surface area contributed by atoms with E-state index in [1.165, 1.54) is 11.6 Å². The molecule has 1 aliphatic heterocycles. The standard InChI is InChI=1S/C23H23F2N3O2/c1-14(2)15-5-7-16(8-6-15)21-26-22(30-27-21)17-4-3-11-28(13-17)23(29)19-10-9-18(24)12-20(19)25/h5-10,12,14,17H,3-4,11,13H2,1-2H3/t17-/m1/s1. The third kappa shape index (κ3) is 4.10. The minimum absolute atomic E-state index is 0.123. The lowest BCUT2D eigenvalue weighted by molar-refractivity contribution is 0.0691. The summed E-state index contributed by atoms with van der Waals surface area (Å²) in [6, 6.07) is 11.0. The topological polar surface area (TPSA) is 59.2 Å². The third-order valence-corrected chi connectivity index (χ3v) is 5.50. The van der Waals surface area contributed by atoms with Gasteiger partial charge in [-0.2, -0.15) is 4.98 Å². The Morgan fingerprint density at radius 2 is 1.93 bits per heavy atom. The van der Waals surface area contributed by atoms with E-state index in [9.17, 15) is 13.6 Å². The average molecular weight is 411 g/mol. The van der Waals surface area contributed by atoms with Gasteiger partial charge in [0.1, 0.15) is 11.6 Å². The number of halogens is 2. The van der Waals surface area contributed by atoms with Gasteiger partial charge in [-0.1, -0.05) is 43.3 Å². The van der Waals surface area contributed by atoms with Gasteiger partial charge in [-0.3, -0.25) is 4.79 Å². The zero-order valence-electron chi connectivity index (χ0n) is 16.9. The zero-order valence-corrected chi connectivity index (χ0v) is 16.9. The van der Waals surface area contributed by atoms with Crippen LogP contribution in [-0.2, 0) is 0 Å². The molecule has 2 aromatic carbocycles. The van der Waals surface area contributed by atoms with Crippen molar-refractivity contribution in [2.45, 2.75) is 38.5 Å². The first-order chi connectivity index (χ1) is 14.4. The zero-order chi connectivity index (χ0) is 21.3. The molecule has 2 heterocycles. The number of carbonyl (C=O) groups is 1. The Hall–Kier alpha value is -3.09. The third-order valence-electron chi connectivity index (χ3n) is 5.50. The molecular weight excluding hydrogens is 388 g/mol. The van der Waals surface area contributed by atoms with Crippen LogP contribution in [0, 0.1) is 11.6 Å². The van der Waals surface area contributed by atoms with E-state index in [-0.39, 0.29) is 11.5 Å². The van der Waals surface area contributed by atoms with Crippen molar-refractivity contribution in [1.29, 1.82) is 0 Å². The quantitative estimate of drug-likeness (QED) is 0.595. The molecule has 0 saturated carbocycles. The molecule has 1 amide bonds. The Kier molecular flexibility index (Phi) is 5.61. The maximum atomic E-state index is 14.0. The van der Waals surface area contributed by atoms with Gasteiger partial charge in [-0.15, -0.1) is 0 Å². The Labute approximate surface area is 173 Å². The van der Waals surface area contributed by atoms with Crippen molar-refractivity contribution in [3.8, 4) is 11.4 Å². The number of hydrogen-bond acceptors (Lipinski definition) is 4. The molecule has 1 saturated heterocycles. The van der Waals surface area contributed by atoms with Crippen molar-refractivity contribution in [3.05, 3.63) is 71.1 Å². The fraction of sp³-hybridized carbons (Fsp3) is 0.348. The predicted octanol–water partition coefficient (Wildman–Crippen LogP) is 5.16. The highest BCUT2D eigenvalue weighted by Crippen LogP contribution is 2.29. The fourth-order valence-corrected chi connectivity index (χ4v) is 3.73. The van der Waals surface area contributed by atoms with Gasteiger partial charge in [-0.25, -0.2) is 8.78 Å². The van der Waals surface area contributed by atoms with Gasteiger partial charge in [0.15, 0.2) is 0 Å². The van der Waals surface area contributed by atoms with E-state index in [1.807, 2.05) is 24.3 Å². The second kappa shape index (κ2) is 8.34. The smallest absolute Gasteiger partial charge is 0.256 e. The summed E-state index contributed by atoms with van der Waals surface area (Å²) in [5.74, 6) is -0.726. The molecular formula is C23H23F2N3O2. The van der Waals surface area contributed by atoms with Crippen LogP contribution in [0.4, 0.5) is 8.78 Å². The van der Waals surface area contributed by atoms with E-state index in [0.717, 1.165) is 30.5 Å². The van der Waals surface area contributed by atoms with Crippen molar-refractivity contribution in [2.24, 2.45) is 0 Å². The predicted molar refractivity (Wildman–Crippen MR) is 108 cm³/mol. The van der Waals surface area contributed by atoms with E-state index in [2.05, 4.69) is 24.0 Å². The summed E-state index contributed by atoms with van der Waals surface area (Å²) in [5, 5.41) is 4.10. The lowest BCUT2D eigenvalue weighted by Crippen LogP contribution is -2.39.